The van der Waals surface area contributed by atoms with Crippen LogP contribution >= 0.6 is 23.4 Å². The molecule has 0 radical (unpaired) electrons. The van der Waals surface area contributed by atoms with Crippen LogP contribution in [0, 0.1) is 0 Å². The van der Waals surface area contributed by atoms with Crippen molar-refractivity contribution in [1.29, 1.82) is 0 Å². The fraction of sp³-hybridized carbons (Fsp3) is 0.500. The fourth-order valence-electron chi connectivity index (χ4n) is 1.92. The first-order valence-corrected chi connectivity index (χ1v) is 7.97. The summed E-state index contributed by atoms with van der Waals surface area (Å²) < 4.78 is 0.0858. The third kappa shape index (κ3) is 3.80. The SMILES string of the molecule is CCC(CC)(CNC(=O)c1cccc(N)c1Cl)SC. The van der Waals surface area contributed by atoms with Crippen LogP contribution in [0.15, 0.2) is 18.2 Å². The molecule has 3 nitrogen and oxygen atoms in total. The van der Waals surface area contributed by atoms with Crippen LogP contribution in [0.1, 0.15) is 37.0 Å². The van der Waals surface area contributed by atoms with Crippen LogP contribution in [-0.4, -0.2) is 23.5 Å². The molecule has 0 spiro atoms. The van der Waals surface area contributed by atoms with Crippen molar-refractivity contribution in [1.82, 2.24) is 5.32 Å². The molecule has 1 aromatic rings. The molecular weight excluding hydrogens is 280 g/mol. The van der Waals surface area contributed by atoms with Gasteiger partial charge in [0.1, 0.15) is 0 Å². The monoisotopic (exact) mass is 300 g/mol. The Morgan fingerprint density at radius 2 is 2.05 bits per heavy atom. The van der Waals surface area contributed by atoms with Crippen LogP contribution in [-0.2, 0) is 0 Å². The summed E-state index contributed by atoms with van der Waals surface area (Å²) in [6, 6.07) is 5.10. The molecule has 0 aliphatic carbocycles. The molecule has 0 bridgehead atoms. The maximum atomic E-state index is 12.2. The highest BCUT2D eigenvalue weighted by Crippen LogP contribution is 2.30. The van der Waals surface area contributed by atoms with Crippen LogP contribution in [0.2, 0.25) is 5.02 Å². The molecule has 0 atom stereocenters. The molecule has 0 unspecified atom stereocenters. The highest BCUT2D eigenvalue weighted by molar-refractivity contribution is 8.00. The molecule has 0 heterocycles. The van der Waals surface area contributed by atoms with Crippen LogP contribution in [0.25, 0.3) is 0 Å². The van der Waals surface area contributed by atoms with Crippen molar-refractivity contribution in [3.05, 3.63) is 28.8 Å². The third-order valence-electron chi connectivity index (χ3n) is 3.57. The topological polar surface area (TPSA) is 55.1 Å². The molecule has 19 heavy (non-hydrogen) atoms. The van der Waals surface area contributed by atoms with E-state index in [1.165, 1.54) is 0 Å². The largest absolute Gasteiger partial charge is 0.398 e. The number of carbonyl (C=O) groups excluding carboxylic acids is 1. The van der Waals surface area contributed by atoms with Gasteiger partial charge in [-0.2, -0.15) is 11.8 Å². The summed E-state index contributed by atoms with van der Waals surface area (Å²) >= 11 is 7.84. The maximum absolute atomic E-state index is 12.2. The second kappa shape index (κ2) is 7.06. The van der Waals surface area contributed by atoms with Gasteiger partial charge in [-0.1, -0.05) is 31.5 Å². The molecule has 1 aromatic carbocycles. The van der Waals surface area contributed by atoms with Gasteiger partial charge < -0.3 is 11.1 Å². The zero-order valence-corrected chi connectivity index (χ0v) is 13.2. The molecule has 0 aliphatic rings. The predicted molar refractivity (Wildman–Crippen MR) is 85.0 cm³/mol. The van der Waals surface area contributed by atoms with E-state index in [0.717, 1.165) is 12.8 Å². The van der Waals surface area contributed by atoms with Gasteiger partial charge in [0, 0.05) is 11.3 Å². The first kappa shape index (κ1) is 16.2. The number of anilines is 1. The van der Waals surface area contributed by atoms with Crippen molar-refractivity contribution in [2.45, 2.75) is 31.4 Å². The third-order valence-corrected chi connectivity index (χ3v) is 5.58. The van der Waals surface area contributed by atoms with Crippen molar-refractivity contribution < 1.29 is 4.79 Å². The second-order valence-electron chi connectivity index (χ2n) is 4.49. The van der Waals surface area contributed by atoms with Crippen molar-refractivity contribution in [3.8, 4) is 0 Å². The molecule has 1 amide bonds. The quantitative estimate of drug-likeness (QED) is 0.790. The molecule has 5 heteroatoms. The van der Waals surface area contributed by atoms with E-state index in [2.05, 4.69) is 25.4 Å². The number of hydrogen-bond acceptors (Lipinski definition) is 3. The first-order valence-electron chi connectivity index (χ1n) is 6.37. The van der Waals surface area contributed by atoms with Gasteiger partial charge in [-0.25, -0.2) is 0 Å². The lowest BCUT2D eigenvalue weighted by atomic mass is 10.0. The van der Waals surface area contributed by atoms with E-state index in [1.54, 1.807) is 30.0 Å². The number of benzene rings is 1. The summed E-state index contributed by atoms with van der Waals surface area (Å²) in [5.74, 6) is -0.169. The van der Waals surface area contributed by atoms with E-state index in [0.29, 0.717) is 22.8 Å². The van der Waals surface area contributed by atoms with Crippen LogP contribution < -0.4 is 11.1 Å². The Morgan fingerprint density at radius 1 is 1.42 bits per heavy atom. The number of nitrogen functional groups attached to an aromatic ring is 1. The molecule has 0 aromatic heterocycles. The van der Waals surface area contributed by atoms with E-state index < -0.39 is 0 Å². The predicted octanol–water partition coefficient (Wildman–Crippen LogP) is 3.57. The molecule has 0 saturated heterocycles. The molecule has 0 aliphatic heterocycles. The van der Waals surface area contributed by atoms with E-state index in [9.17, 15) is 4.79 Å². The Kier molecular flexibility index (Phi) is 6.01. The number of carbonyl (C=O) groups is 1. The average Bonchev–Trinajstić information content (AvgIpc) is 2.44. The summed E-state index contributed by atoms with van der Waals surface area (Å²) in [5.41, 5.74) is 6.56. The van der Waals surface area contributed by atoms with Crippen molar-refractivity contribution in [2.75, 3.05) is 18.5 Å². The summed E-state index contributed by atoms with van der Waals surface area (Å²) in [5, 5.41) is 3.28. The molecular formula is C14H21ClN2OS. The average molecular weight is 301 g/mol. The van der Waals surface area contributed by atoms with E-state index in [1.807, 2.05) is 0 Å². The lowest BCUT2D eigenvalue weighted by molar-refractivity contribution is 0.0949. The van der Waals surface area contributed by atoms with Crippen molar-refractivity contribution in [3.63, 3.8) is 0 Å². The van der Waals surface area contributed by atoms with Gasteiger partial charge in [0.15, 0.2) is 0 Å². The van der Waals surface area contributed by atoms with E-state index in [-0.39, 0.29) is 10.7 Å². The molecule has 106 valence electrons. The molecule has 0 saturated carbocycles. The maximum Gasteiger partial charge on any atom is 0.252 e. The lowest BCUT2D eigenvalue weighted by Crippen LogP contribution is -2.39. The number of rotatable bonds is 6. The molecule has 0 fully saturated rings. The van der Waals surface area contributed by atoms with Gasteiger partial charge in [0.2, 0.25) is 0 Å². The minimum absolute atomic E-state index is 0.0858. The van der Waals surface area contributed by atoms with Gasteiger partial charge in [-0.05, 0) is 31.2 Å². The minimum Gasteiger partial charge on any atom is -0.398 e. The number of hydrogen-bond donors (Lipinski definition) is 2. The Labute approximate surface area is 124 Å². The summed E-state index contributed by atoms with van der Waals surface area (Å²) in [6.07, 6.45) is 4.10. The normalized spacial score (nSPS) is 11.4. The van der Waals surface area contributed by atoms with Gasteiger partial charge >= 0.3 is 0 Å². The van der Waals surface area contributed by atoms with Crippen molar-refractivity contribution in [2.24, 2.45) is 0 Å². The van der Waals surface area contributed by atoms with E-state index >= 15 is 0 Å². The standard InChI is InChI=1S/C14H21ClN2OS/c1-4-14(5-2,19-3)9-17-13(18)10-7-6-8-11(16)12(10)15/h6-8H,4-5,9,16H2,1-3H3,(H,17,18). The van der Waals surface area contributed by atoms with Crippen LogP contribution in [0.3, 0.4) is 0 Å². The highest BCUT2D eigenvalue weighted by atomic mass is 35.5. The molecule has 3 N–H and O–H groups in total. The lowest BCUT2D eigenvalue weighted by Gasteiger charge is -2.29. The van der Waals surface area contributed by atoms with Gasteiger partial charge in [-0.15, -0.1) is 0 Å². The van der Waals surface area contributed by atoms with E-state index in [4.69, 9.17) is 17.3 Å². The van der Waals surface area contributed by atoms with Crippen molar-refractivity contribution >= 4 is 35.0 Å². The van der Waals surface area contributed by atoms with Crippen LogP contribution in [0.4, 0.5) is 5.69 Å². The van der Waals surface area contributed by atoms with Gasteiger partial charge in [0.05, 0.1) is 16.3 Å². The summed E-state index contributed by atoms with van der Waals surface area (Å²) in [7, 11) is 0. The minimum atomic E-state index is -0.169. The zero-order valence-electron chi connectivity index (χ0n) is 11.6. The summed E-state index contributed by atoms with van der Waals surface area (Å²) in [6.45, 7) is 4.91. The summed E-state index contributed by atoms with van der Waals surface area (Å²) in [4.78, 5) is 12.2. The number of halogens is 1. The van der Waals surface area contributed by atoms with Crippen LogP contribution in [0.5, 0.6) is 0 Å². The molecule has 1 rings (SSSR count). The van der Waals surface area contributed by atoms with Gasteiger partial charge in [-0.3, -0.25) is 4.79 Å². The Balaban J connectivity index is 2.78. The van der Waals surface area contributed by atoms with Gasteiger partial charge in [0.25, 0.3) is 5.91 Å². The second-order valence-corrected chi connectivity index (χ2v) is 6.14. The number of nitrogens with two attached hydrogens (primary N) is 1. The number of nitrogens with one attached hydrogen (secondary N) is 1. The first-order chi connectivity index (χ1) is 8.99. The highest BCUT2D eigenvalue weighted by Gasteiger charge is 2.26. The Bertz CT molecular complexity index is 439. The fourth-order valence-corrected chi connectivity index (χ4v) is 2.93. The number of thioether (sulfide) groups is 1. The zero-order chi connectivity index (χ0) is 14.5. The number of amides is 1. The Morgan fingerprint density at radius 3 is 2.58 bits per heavy atom. The Hall–Kier alpha value is -0.870. The smallest absolute Gasteiger partial charge is 0.252 e.